The summed E-state index contributed by atoms with van der Waals surface area (Å²) in [6.45, 7) is 0. The number of hydrogen-bond donors (Lipinski definition) is 8. The van der Waals surface area contributed by atoms with E-state index in [4.69, 9.17) is 16.6 Å². The molecule has 15 nitrogen and oxygen atoms in total. The van der Waals surface area contributed by atoms with Crippen molar-refractivity contribution in [3.05, 3.63) is 54.1 Å². The number of primary amides is 1. The van der Waals surface area contributed by atoms with Crippen molar-refractivity contribution in [2.45, 2.75) is 56.3 Å². The quantitative estimate of drug-likeness (QED) is 0.113. The molecule has 0 aliphatic rings. The Morgan fingerprint density at radius 2 is 1.49 bits per heavy atom. The van der Waals surface area contributed by atoms with Gasteiger partial charge < -0.3 is 42.6 Å². The molecule has 1 heterocycles. The average Bonchev–Trinajstić information content (AvgIpc) is 3.38. The molecule has 4 amide bonds. The van der Waals surface area contributed by atoms with E-state index in [2.05, 4.69) is 25.9 Å². The molecule has 0 fully saturated rings. The van der Waals surface area contributed by atoms with Crippen LogP contribution in [0, 0.1) is 0 Å². The van der Waals surface area contributed by atoms with Crippen molar-refractivity contribution < 1.29 is 39.0 Å². The zero-order chi connectivity index (χ0) is 28.9. The number of aliphatic carboxylic acids is 2. The number of amides is 4. The van der Waals surface area contributed by atoms with E-state index < -0.39 is 79.0 Å². The maximum atomic E-state index is 13.3. The average molecular weight is 546 g/mol. The molecular formula is C24H31N7O8. The SMILES string of the molecule is NC(=O)CC(NC(=O)C(CCC(=O)O)NC(=O)C(Cc1ccccc1)NC(=O)C(N)Cc1cnc[nH]1)C(=O)O. The van der Waals surface area contributed by atoms with Crippen molar-refractivity contribution in [2.24, 2.45) is 11.5 Å². The number of carboxylic acids is 2. The summed E-state index contributed by atoms with van der Waals surface area (Å²) < 4.78 is 0. The Balaban J connectivity index is 2.22. The lowest BCUT2D eigenvalue weighted by Crippen LogP contribution is -2.58. The molecule has 10 N–H and O–H groups in total. The van der Waals surface area contributed by atoms with E-state index in [1.807, 2.05) is 0 Å². The van der Waals surface area contributed by atoms with Gasteiger partial charge in [-0.25, -0.2) is 9.78 Å². The number of imidazole rings is 1. The Bertz CT molecular complexity index is 1160. The van der Waals surface area contributed by atoms with Crippen molar-refractivity contribution in [3.63, 3.8) is 0 Å². The van der Waals surface area contributed by atoms with E-state index >= 15 is 0 Å². The number of aromatic amines is 1. The third-order valence-corrected chi connectivity index (χ3v) is 5.55. The molecule has 0 bridgehead atoms. The van der Waals surface area contributed by atoms with Crippen LogP contribution in [-0.4, -0.2) is 79.9 Å². The van der Waals surface area contributed by atoms with E-state index in [9.17, 15) is 33.9 Å². The number of rotatable bonds is 16. The van der Waals surface area contributed by atoms with Crippen molar-refractivity contribution in [1.82, 2.24) is 25.9 Å². The normalized spacial score (nSPS) is 13.8. The smallest absolute Gasteiger partial charge is 0.326 e. The molecule has 0 aliphatic heterocycles. The summed E-state index contributed by atoms with van der Waals surface area (Å²) >= 11 is 0. The fraction of sp³-hybridized carbons (Fsp3) is 0.375. The Hall–Kier alpha value is -4.79. The van der Waals surface area contributed by atoms with Gasteiger partial charge in [0.15, 0.2) is 0 Å². The zero-order valence-corrected chi connectivity index (χ0v) is 20.8. The zero-order valence-electron chi connectivity index (χ0n) is 20.8. The van der Waals surface area contributed by atoms with Crippen LogP contribution in [0.3, 0.4) is 0 Å². The van der Waals surface area contributed by atoms with Gasteiger partial charge >= 0.3 is 11.9 Å². The predicted molar refractivity (Wildman–Crippen MR) is 135 cm³/mol. The number of nitrogens with one attached hydrogen (secondary N) is 4. The highest BCUT2D eigenvalue weighted by Gasteiger charge is 2.31. The minimum absolute atomic E-state index is 0.00187. The molecule has 0 saturated carbocycles. The first-order valence-electron chi connectivity index (χ1n) is 11.9. The molecule has 4 atom stereocenters. The highest BCUT2D eigenvalue weighted by molar-refractivity contribution is 5.95. The van der Waals surface area contributed by atoms with Crippen molar-refractivity contribution >= 4 is 35.6 Å². The lowest BCUT2D eigenvalue weighted by atomic mass is 10.0. The van der Waals surface area contributed by atoms with Crippen LogP contribution in [-0.2, 0) is 41.6 Å². The van der Waals surface area contributed by atoms with Gasteiger partial charge in [0.1, 0.15) is 18.1 Å². The summed E-state index contributed by atoms with van der Waals surface area (Å²) in [5.74, 6) is -6.36. The maximum absolute atomic E-state index is 13.3. The second kappa shape index (κ2) is 14.8. The van der Waals surface area contributed by atoms with Gasteiger partial charge in [-0.2, -0.15) is 0 Å². The van der Waals surface area contributed by atoms with Gasteiger partial charge in [0, 0.05) is 31.2 Å². The molecule has 1 aromatic heterocycles. The van der Waals surface area contributed by atoms with E-state index in [1.54, 1.807) is 30.3 Å². The fourth-order valence-corrected chi connectivity index (χ4v) is 3.55. The first-order valence-corrected chi connectivity index (χ1v) is 11.9. The van der Waals surface area contributed by atoms with Crippen LogP contribution in [0.5, 0.6) is 0 Å². The molecule has 0 saturated heterocycles. The summed E-state index contributed by atoms with van der Waals surface area (Å²) in [5, 5.41) is 25.4. The number of carboxylic acid groups (broad SMARTS) is 2. The van der Waals surface area contributed by atoms with Gasteiger partial charge in [-0.1, -0.05) is 30.3 Å². The van der Waals surface area contributed by atoms with E-state index in [0.717, 1.165) is 0 Å². The third-order valence-electron chi connectivity index (χ3n) is 5.55. The Morgan fingerprint density at radius 3 is 2.05 bits per heavy atom. The largest absolute Gasteiger partial charge is 0.481 e. The van der Waals surface area contributed by atoms with Crippen LogP contribution in [0.1, 0.15) is 30.5 Å². The predicted octanol–water partition coefficient (Wildman–Crippen LogP) is -2.20. The molecule has 0 radical (unpaired) electrons. The molecule has 210 valence electrons. The molecule has 0 spiro atoms. The minimum atomic E-state index is -1.69. The van der Waals surface area contributed by atoms with Crippen LogP contribution in [0.2, 0.25) is 0 Å². The Labute approximate surface area is 222 Å². The van der Waals surface area contributed by atoms with Crippen LogP contribution in [0.25, 0.3) is 0 Å². The summed E-state index contributed by atoms with van der Waals surface area (Å²) in [6, 6.07) is 3.17. The molecular weight excluding hydrogens is 514 g/mol. The second-order valence-electron chi connectivity index (χ2n) is 8.70. The summed E-state index contributed by atoms with van der Waals surface area (Å²) in [7, 11) is 0. The molecule has 39 heavy (non-hydrogen) atoms. The van der Waals surface area contributed by atoms with Crippen LogP contribution >= 0.6 is 0 Å². The third kappa shape index (κ3) is 10.6. The molecule has 2 aromatic rings. The van der Waals surface area contributed by atoms with E-state index in [0.29, 0.717) is 11.3 Å². The number of carbonyl (C=O) groups excluding carboxylic acids is 4. The van der Waals surface area contributed by atoms with Crippen molar-refractivity contribution in [3.8, 4) is 0 Å². The summed E-state index contributed by atoms with van der Waals surface area (Å²) in [5.41, 5.74) is 12.3. The van der Waals surface area contributed by atoms with Gasteiger partial charge in [0.25, 0.3) is 0 Å². The number of benzene rings is 1. The van der Waals surface area contributed by atoms with Crippen LogP contribution < -0.4 is 27.4 Å². The molecule has 15 heteroatoms. The van der Waals surface area contributed by atoms with Gasteiger partial charge in [-0.15, -0.1) is 0 Å². The first-order chi connectivity index (χ1) is 18.5. The van der Waals surface area contributed by atoms with Crippen LogP contribution in [0.4, 0.5) is 0 Å². The van der Waals surface area contributed by atoms with Gasteiger partial charge in [-0.05, 0) is 12.0 Å². The highest BCUT2D eigenvalue weighted by Crippen LogP contribution is 2.07. The summed E-state index contributed by atoms with van der Waals surface area (Å²) in [6.07, 6.45) is 1.36. The molecule has 4 unspecified atom stereocenters. The second-order valence-corrected chi connectivity index (χ2v) is 8.70. The maximum Gasteiger partial charge on any atom is 0.326 e. The Kier molecular flexibility index (Phi) is 11.6. The monoisotopic (exact) mass is 545 g/mol. The number of nitrogens with two attached hydrogens (primary N) is 2. The minimum Gasteiger partial charge on any atom is -0.481 e. The molecule has 0 aliphatic carbocycles. The van der Waals surface area contributed by atoms with Crippen molar-refractivity contribution in [2.75, 3.05) is 0 Å². The highest BCUT2D eigenvalue weighted by atomic mass is 16.4. The van der Waals surface area contributed by atoms with Gasteiger partial charge in [0.05, 0.1) is 18.8 Å². The lowest BCUT2D eigenvalue weighted by molar-refractivity contribution is -0.144. The first kappa shape index (κ1) is 30.4. The molecule has 2 rings (SSSR count). The number of aromatic nitrogens is 2. The molecule has 1 aromatic carbocycles. The number of hydrogen-bond acceptors (Lipinski definition) is 8. The number of H-pyrrole nitrogens is 1. The fourth-order valence-electron chi connectivity index (χ4n) is 3.55. The number of carbonyl (C=O) groups is 6. The van der Waals surface area contributed by atoms with Gasteiger partial charge in [0.2, 0.25) is 23.6 Å². The topological polar surface area (TPSA) is 260 Å². The number of nitrogens with zero attached hydrogens (tertiary/aromatic N) is 1. The standard InChI is InChI=1S/C24H31N7O8/c25-15(9-14-11-27-12-28-14)21(35)30-17(8-13-4-2-1-3-5-13)23(37)29-16(6-7-20(33)34)22(36)31-18(24(38)39)10-19(26)32/h1-5,11-12,15-18H,6-10,25H2,(H2,26,32)(H,27,28)(H,29,37)(H,30,35)(H,31,36)(H,33,34)(H,38,39). The lowest BCUT2D eigenvalue weighted by Gasteiger charge is -2.25. The van der Waals surface area contributed by atoms with Gasteiger partial charge in [-0.3, -0.25) is 24.0 Å². The van der Waals surface area contributed by atoms with E-state index in [-0.39, 0.29) is 12.8 Å². The van der Waals surface area contributed by atoms with Crippen LogP contribution in [0.15, 0.2) is 42.9 Å². The van der Waals surface area contributed by atoms with E-state index in [1.165, 1.54) is 12.5 Å². The van der Waals surface area contributed by atoms with Crippen molar-refractivity contribution in [1.29, 1.82) is 0 Å². The Morgan fingerprint density at radius 1 is 0.872 bits per heavy atom. The summed E-state index contributed by atoms with van der Waals surface area (Å²) in [4.78, 5) is 79.3.